The van der Waals surface area contributed by atoms with Crippen LogP contribution in [0.15, 0.2) is 71.9 Å². The topological polar surface area (TPSA) is 87.5 Å². The Morgan fingerprint density at radius 1 is 1.00 bits per heavy atom. The van der Waals surface area contributed by atoms with Crippen molar-refractivity contribution in [1.82, 2.24) is 24.3 Å². The van der Waals surface area contributed by atoms with Gasteiger partial charge in [0, 0.05) is 45.1 Å². The van der Waals surface area contributed by atoms with Crippen LogP contribution in [-0.4, -0.2) is 59.6 Å². The fraction of sp³-hybridized carbons (Fsp3) is 0.273. The predicted molar refractivity (Wildman–Crippen MR) is 117 cm³/mol. The van der Waals surface area contributed by atoms with Crippen LogP contribution < -0.4 is 5.32 Å². The summed E-state index contributed by atoms with van der Waals surface area (Å²) in [4.78, 5) is 13.8. The van der Waals surface area contributed by atoms with Crippen LogP contribution in [-0.2, 0) is 23.1 Å². The number of nitrogens with one attached hydrogen (secondary N) is 1. The maximum Gasteiger partial charge on any atom is 0.317 e. The first-order valence-corrected chi connectivity index (χ1v) is 11.7. The molecule has 0 saturated carbocycles. The summed E-state index contributed by atoms with van der Waals surface area (Å²) in [6.07, 6.45) is 3.62. The molecule has 2 aromatic carbocycles. The van der Waals surface area contributed by atoms with Gasteiger partial charge in [0.2, 0.25) is 10.0 Å². The molecule has 1 N–H and O–H groups in total. The lowest BCUT2D eigenvalue weighted by molar-refractivity contribution is 0.172. The van der Waals surface area contributed by atoms with Crippen molar-refractivity contribution in [3.05, 3.63) is 83.9 Å². The average molecular weight is 458 g/mol. The third-order valence-corrected chi connectivity index (χ3v) is 7.25. The highest BCUT2D eigenvalue weighted by atomic mass is 32.2. The maximum absolute atomic E-state index is 14.0. The van der Waals surface area contributed by atoms with Crippen molar-refractivity contribution in [2.24, 2.45) is 0 Å². The lowest BCUT2D eigenvalue weighted by Gasteiger charge is -2.34. The molecule has 0 atom stereocenters. The van der Waals surface area contributed by atoms with Crippen LogP contribution in [0, 0.1) is 5.82 Å². The van der Waals surface area contributed by atoms with E-state index in [1.165, 1.54) is 22.5 Å². The van der Waals surface area contributed by atoms with Crippen LogP contribution in [0.3, 0.4) is 0 Å². The first kappa shape index (κ1) is 22.0. The van der Waals surface area contributed by atoms with Crippen LogP contribution in [0.1, 0.15) is 11.1 Å². The number of sulfonamides is 1. The molecule has 2 amide bonds. The molecular weight excluding hydrogens is 433 g/mol. The summed E-state index contributed by atoms with van der Waals surface area (Å²) in [5.41, 5.74) is 2.04. The highest BCUT2D eigenvalue weighted by molar-refractivity contribution is 7.89. The predicted octanol–water partition coefficient (Wildman–Crippen LogP) is 2.29. The highest BCUT2D eigenvalue weighted by Gasteiger charge is 2.31. The van der Waals surface area contributed by atoms with Crippen molar-refractivity contribution in [1.29, 1.82) is 0 Å². The van der Waals surface area contributed by atoms with Crippen LogP contribution in [0.25, 0.3) is 0 Å². The van der Waals surface area contributed by atoms with Gasteiger partial charge in [-0.3, -0.25) is 4.68 Å². The first-order valence-electron chi connectivity index (χ1n) is 10.3. The van der Waals surface area contributed by atoms with Crippen molar-refractivity contribution in [2.45, 2.75) is 18.0 Å². The monoisotopic (exact) mass is 457 g/mol. The number of benzene rings is 2. The smallest absolute Gasteiger partial charge is 0.317 e. The SMILES string of the molecule is O=C(NCc1cccc(Cn2cccn2)c1)N1CCN(S(=O)(=O)c2ccccc2F)CC1. The largest absolute Gasteiger partial charge is 0.334 e. The summed E-state index contributed by atoms with van der Waals surface area (Å²) in [6.45, 7) is 1.71. The number of carbonyl (C=O) groups is 1. The van der Waals surface area contributed by atoms with Gasteiger partial charge in [-0.05, 0) is 29.3 Å². The number of piperazine rings is 1. The third kappa shape index (κ3) is 4.97. The molecule has 0 unspecified atom stereocenters. The molecule has 0 radical (unpaired) electrons. The standard InChI is InChI=1S/C22H24FN5O3S/c23-20-7-1-2-8-21(20)32(30,31)28-13-11-26(12-14-28)22(29)24-16-18-5-3-6-19(15-18)17-27-10-4-9-25-27/h1-10,15H,11-14,16-17H2,(H,24,29). The van der Waals surface area contributed by atoms with E-state index >= 15 is 0 Å². The highest BCUT2D eigenvalue weighted by Crippen LogP contribution is 2.20. The van der Waals surface area contributed by atoms with Crippen molar-refractivity contribution < 1.29 is 17.6 Å². The van der Waals surface area contributed by atoms with Gasteiger partial charge < -0.3 is 10.2 Å². The number of aromatic nitrogens is 2. The Balaban J connectivity index is 1.30. The minimum atomic E-state index is -3.93. The number of amides is 2. The molecule has 1 fully saturated rings. The number of nitrogens with zero attached hydrogens (tertiary/aromatic N) is 4. The van der Waals surface area contributed by atoms with Crippen molar-refractivity contribution in [3.8, 4) is 0 Å². The number of urea groups is 1. The van der Waals surface area contributed by atoms with E-state index in [4.69, 9.17) is 0 Å². The van der Waals surface area contributed by atoms with Gasteiger partial charge in [-0.15, -0.1) is 0 Å². The second kappa shape index (κ2) is 9.49. The summed E-state index contributed by atoms with van der Waals surface area (Å²) >= 11 is 0. The molecule has 0 spiro atoms. The van der Waals surface area contributed by atoms with Crippen molar-refractivity contribution in [3.63, 3.8) is 0 Å². The Hall–Kier alpha value is -3.24. The van der Waals surface area contributed by atoms with E-state index in [1.807, 2.05) is 41.2 Å². The molecule has 10 heteroatoms. The molecule has 8 nitrogen and oxygen atoms in total. The molecule has 4 rings (SSSR count). The van der Waals surface area contributed by atoms with E-state index < -0.39 is 15.8 Å². The van der Waals surface area contributed by atoms with Gasteiger partial charge in [-0.25, -0.2) is 17.6 Å². The molecule has 0 bridgehead atoms. The van der Waals surface area contributed by atoms with E-state index in [-0.39, 0.29) is 37.1 Å². The van der Waals surface area contributed by atoms with Crippen LogP contribution in [0.2, 0.25) is 0 Å². The zero-order valence-corrected chi connectivity index (χ0v) is 18.2. The Labute approximate surface area is 186 Å². The minimum absolute atomic E-state index is 0.115. The van der Waals surface area contributed by atoms with Crippen LogP contribution in [0.4, 0.5) is 9.18 Å². The second-order valence-electron chi connectivity index (χ2n) is 7.50. The van der Waals surface area contributed by atoms with Crippen LogP contribution >= 0.6 is 0 Å². The van der Waals surface area contributed by atoms with Gasteiger partial charge in [0.25, 0.3) is 0 Å². The number of hydrogen-bond donors (Lipinski definition) is 1. The van der Waals surface area contributed by atoms with E-state index in [1.54, 1.807) is 11.1 Å². The maximum atomic E-state index is 14.0. The summed E-state index contributed by atoms with van der Waals surface area (Å²) in [5.74, 6) is -0.776. The van der Waals surface area contributed by atoms with Crippen molar-refractivity contribution in [2.75, 3.05) is 26.2 Å². The van der Waals surface area contributed by atoms with Crippen LogP contribution in [0.5, 0.6) is 0 Å². The summed E-state index contributed by atoms with van der Waals surface area (Å²) in [5, 5.41) is 7.08. The number of carbonyl (C=O) groups excluding carboxylic acids is 1. The number of halogens is 1. The zero-order chi connectivity index (χ0) is 22.6. The molecule has 1 aromatic heterocycles. The number of rotatable bonds is 6. The quantitative estimate of drug-likeness (QED) is 0.615. The molecule has 1 aliphatic heterocycles. The molecule has 2 heterocycles. The Bertz CT molecular complexity index is 1180. The Morgan fingerprint density at radius 3 is 2.47 bits per heavy atom. The zero-order valence-electron chi connectivity index (χ0n) is 17.4. The van der Waals surface area contributed by atoms with E-state index in [2.05, 4.69) is 10.4 Å². The van der Waals surface area contributed by atoms with Gasteiger partial charge in [-0.2, -0.15) is 9.40 Å². The molecular formula is C22H24FN5O3S. The molecule has 0 aliphatic carbocycles. The Morgan fingerprint density at radius 2 is 1.75 bits per heavy atom. The Kier molecular flexibility index (Phi) is 6.52. The molecule has 32 heavy (non-hydrogen) atoms. The lowest BCUT2D eigenvalue weighted by atomic mass is 10.1. The minimum Gasteiger partial charge on any atom is -0.334 e. The van der Waals surface area contributed by atoms with E-state index in [0.29, 0.717) is 13.1 Å². The second-order valence-corrected chi connectivity index (χ2v) is 9.41. The molecule has 3 aromatic rings. The number of hydrogen-bond acceptors (Lipinski definition) is 4. The average Bonchev–Trinajstić information content (AvgIpc) is 3.31. The van der Waals surface area contributed by atoms with Gasteiger partial charge in [0.05, 0.1) is 6.54 Å². The summed E-state index contributed by atoms with van der Waals surface area (Å²) < 4.78 is 42.4. The fourth-order valence-corrected chi connectivity index (χ4v) is 5.12. The fourth-order valence-electron chi connectivity index (χ4n) is 3.63. The summed E-state index contributed by atoms with van der Waals surface area (Å²) in [7, 11) is -3.93. The van der Waals surface area contributed by atoms with Gasteiger partial charge in [0.1, 0.15) is 10.7 Å². The molecule has 1 aliphatic rings. The normalized spacial score (nSPS) is 15.0. The van der Waals surface area contributed by atoms with Gasteiger partial charge >= 0.3 is 6.03 Å². The first-order chi connectivity index (χ1) is 15.4. The van der Waals surface area contributed by atoms with E-state index in [9.17, 15) is 17.6 Å². The third-order valence-electron chi connectivity index (χ3n) is 5.32. The molecule has 1 saturated heterocycles. The van der Waals surface area contributed by atoms with Gasteiger partial charge in [-0.1, -0.05) is 36.4 Å². The summed E-state index contributed by atoms with van der Waals surface area (Å²) in [6, 6.07) is 14.8. The lowest BCUT2D eigenvalue weighted by Crippen LogP contribution is -2.53. The molecule has 168 valence electrons. The van der Waals surface area contributed by atoms with Gasteiger partial charge in [0.15, 0.2) is 0 Å². The van der Waals surface area contributed by atoms with E-state index in [0.717, 1.165) is 17.2 Å². The van der Waals surface area contributed by atoms with Crippen molar-refractivity contribution >= 4 is 16.1 Å².